The van der Waals surface area contributed by atoms with Gasteiger partial charge < -0.3 is 15.9 Å². The lowest BCUT2D eigenvalue weighted by atomic mass is 10.1. The number of nitriles is 1. The monoisotopic (exact) mass is 238 g/mol. The molecule has 1 unspecified atom stereocenters. The van der Waals surface area contributed by atoms with Crippen molar-refractivity contribution in [2.75, 3.05) is 12.4 Å². The van der Waals surface area contributed by atoms with Crippen LogP contribution in [0.2, 0.25) is 0 Å². The van der Waals surface area contributed by atoms with Crippen LogP contribution in [0.5, 0.6) is 0 Å². The Hall–Kier alpha value is -1.06. The van der Waals surface area contributed by atoms with Gasteiger partial charge in [0, 0.05) is 17.2 Å². The Labute approximate surface area is 98.7 Å². The fraction of sp³-hybridized carbons (Fsp3) is 0.364. The lowest BCUT2D eigenvalue weighted by Gasteiger charge is -2.08. The van der Waals surface area contributed by atoms with Crippen molar-refractivity contribution in [2.24, 2.45) is 5.73 Å². The van der Waals surface area contributed by atoms with Gasteiger partial charge in [0.05, 0.1) is 18.3 Å². The van der Waals surface area contributed by atoms with Gasteiger partial charge in [0.2, 0.25) is 0 Å². The molecule has 4 N–H and O–H groups in total. The summed E-state index contributed by atoms with van der Waals surface area (Å²) < 4.78 is 0. The van der Waals surface area contributed by atoms with E-state index in [4.69, 9.17) is 16.1 Å². The van der Waals surface area contributed by atoms with Gasteiger partial charge in [-0.1, -0.05) is 6.07 Å². The average Bonchev–Trinajstić information content (AvgIpc) is 2.35. The molecule has 1 atom stereocenters. The van der Waals surface area contributed by atoms with Gasteiger partial charge in [-0.25, -0.2) is 0 Å². The van der Waals surface area contributed by atoms with Gasteiger partial charge >= 0.3 is 0 Å². The topological polar surface area (TPSA) is 90.3 Å². The molecule has 0 fully saturated rings. The first kappa shape index (κ1) is 13.0. The number of nitrogens with zero attached hydrogens (tertiary/aromatic N) is 1. The Balaban J connectivity index is 2.77. The van der Waals surface area contributed by atoms with Crippen molar-refractivity contribution in [3.8, 4) is 6.07 Å². The van der Waals surface area contributed by atoms with Crippen molar-refractivity contribution in [2.45, 2.75) is 17.5 Å². The highest BCUT2D eigenvalue weighted by molar-refractivity contribution is 7.99. The molecule has 16 heavy (non-hydrogen) atoms. The summed E-state index contributed by atoms with van der Waals surface area (Å²) in [5.41, 5.74) is 6.94. The predicted molar refractivity (Wildman–Crippen MR) is 62.9 cm³/mol. The average molecular weight is 238 g/mol. The van der Waals surface area contributed by atoms with Crippen molar-refractivity contribution >= 4 is 11.8 Å². The number of benzene rings is 1. The van der Waals surface area contributed by atoms with E-state index in [1.165, 1.54) is 11.8 Å². The minimum atomic E-state index is -0.759. The van der Waals surface area contributed by atoms with Crippen molar-refractivity contribution < 1.29 is 10.2 Å². The van der Waals surface area contributed by atoms with Crippen LogP contribution in [-0.2, 0) is 6.54 Å². The zero-order valence-corrected chi connectivity index (χ0v) is 9.57. The molecule has 0 aliphatic rings. The molecule has 0 radical (unpaired) electrons. The van der Waals surface area contributed by atoms with Crippen molar-refractivity contribution in [1.29, 1.82) is 5.26 Å². The van der Waals surface area contributed by atoms with Crippen LogP contribution in [0.15, 0.2) is 23.1 Å². The van der Waals surface area contributed by atoms with E-state index in [1.807, 2.05) is 12.1 Å². The van der Waals surface area contributed by atoms with Gasteiger partial charge in [0.25, 0.3) is 0 Å². The standard InChI is InChI=1S/C11H14N2O2S/c12-4-8-1-2-11(9(3-8)5-13)16-7-10(15)6-14/h1-3,10,14-15H,4,6-7,12H2. The summed E-state index contributed by atoms with van der Waals surface area (Å²) >= 11 is 1.35. The van der Waals surface area contributed by atoms with Crippen molar-refractivity contribution in [3.63, 3.8) is 0 Å². The summed E-state index contributed by atoms with van der Waals surface area (Å²) in [6.07, 6.45) is -0.759. The summed E-state index contributed by atoms with van der Waals surface area (Å²) in [7, 11) is 0. The Kier molecular flexibility index (Phi) is 5.29. The number of hydrogen-bond acceptors (Lipinski definition) is 5. The Bertz CT molecular complexity index is 390. The SMILES string of the molecule is N#Cc1cc(CN)ccc1SCC(O)CO. The van der Waals surface area contributed by atoms with E-state index >= 15 is 0 Å². The molecule has 0 saturated carbocycles. The van der Waals surface area contributed by atoms with Gasteiger partial charge in [0.15, 0.2) is 0 Å². The van der Waals surface area contributed by atoms with Gasteiger partial charge in [-0.05, 0) is 17.7 Å². The third-order valence-corrected chi connectivity index (χ3v) is 3.26. The molecular weight excluding hydrogens is 224 g/mol. The zero-order chi connectivity index (χ0) is 12.0. The maximum absolute atomic E-state index is 9.21. The second-order valence-electron chi connectivity index (χ2n) is 3.29. The summed E-state index contributed by atoms with van der Waals surface area (Å²) in [6, 6.07) is 7.51. The second-order valence-corrected chi connectivity index (χ2v) is 4.36. The van der Waals surface area contributed by atoms with Crippen LogP contribution in [0.4, 0.5) is 0 Å². The van der Waals surface area contributed by atoms with E-state index in [0.717, 1.165) is 10.5 Å². The molecule has 0 spiro atoms. The number of hydrogen-bond donors (Lipinski definition) is 3. The van der Waals surface area contributed by atoms with Gasteiger partial charge in [-0.15, -0.1) is 11.8 Å². The number of nitrogens with two attached hydrogens (primary N) is 1. The van der Waals surface area contributed by atoms with Crippen molar-refractivity contribution in [1.82, 2.24) is 0 Å². The molecule has 0 bridgehead atoms. The van der Waals surface area contributed by atoms with Gasteiger partial charge in [0.1, 0.15) is 6.07 Å². The van der Waals surface area contributed by atoms with Crippen LogP contribution >= 0.6 is 11.8 Å². The molecule has 1 aromatic carbocycles. The van der Waals surface area contributed by atoms with E-state index in [9.17, 15) is 5.11 Å². The molecule has 0 heterocycles. The van der Waals surface area contributed by atoms with Crippen molar-refractivity contribution in [3.05, 3.63) is 29.3 Å². The predicted octanol–water partition coefficient (Wildman–Crippen LogP) is 0.462. The highest BCUT2D eigenvalue weighted by Gasteiger charge is 2.07. The minimum absolute atomic E-state index is 0.268. The molecular formula is C11H14N2O2S. The third-order valence-electron chi connectivity index (χ3n) is 2.04. The number of thioether (sulfide) groups is 1. The summed E-state index contributed by atoms with van der Waals surface area (Å²) in [4.78, 5) is 0.798. The second kappa shape index (κ2) is 6.51. The molecule has 0 aliphatic carbocycles. The number of aliphatic hydroxyl groups is 2. The Morgan fingerprint density at radius 2 is 2.25 bits per heavy atom. The lowest BCUT2D eigenvalue weighted by molar-refractivity contribution is 0.113. The van der Waals surface area contributed by atoms with E-state index in [1.54, 1.807) is 6.07 Å². The van der Waals surface area contributed by atoms with Crippen LogP contribution in [0.1, 0.15) is 11.1 Å². The maximum Gasteiger partial charge on any atom is 0.100 e. The quantitative estimate of drug-likeness (QED) is 0.648. The van der Waals surface area contributed by atoms with Crippen LogP contribution in [0.3, 0.4) is 0 Å². The fourth-order valence-electron chi connectivity index (χ4n) is 1.16. The maximum atomic E-state index is 9.21. The molecule has 1 rings (SSSR count). The smallest absolute Gasteiger partial charge is 0.100 e. The Morgan fingerprint density at radius 1 is 1.50 bits per heavy atom. The normalized spacial score (nSPS) is 12.1. The van der Waals surface area contributed by atoms with E-state index in [0.29, 0.717) is 17.9 Å². The first-order chi connectivity index (χ1) is 7.71. The van der Waals surface area contributed by atoms with Gasteiger partial charge in [-0.2, -0.15) is 5.26 Å². The summed E-state index contributed by atoms with van der Waals surface area (Å²) in [5, 5.41) is 26.8. The third kappa shape index (κ3) is 3.51. The number of rotatable bonds is 5. The van der Waals surface area contributed by atoms with E-state index in [2.05, 4.69) is 6.07 Å². The van der Waals surface area contributed by atoms with E-state index < -0.39 is 6.10 Å². The molecule has 0 aliphatic heterocycles. The minimum Gasteiger partial charge on any atom is -0.394 e. The van der Waals surface area contributed by atoms with Crippen LogP contribution < -0.4 is 5.73 Å². The zero-order valence-electron chi connectivity index (χ0n) is 8.76. The highest BCUT2D eigenvalue weighted by Crippen LogP contribution is 2.24. The number of aliphatic hydroxyl groups excluding tert-OH is 2. The first-order valence-corrected chi connectivity index (χ1v) is 5.84. The van der Waals surface area contributed by atoms with Crippen LogP contribution in [0, 0.1) is 11.3 Å². The summed E-state index contributed by atoms with van der Waals surface area (Å²) in [5.74, 6) is 0.368. The summed E-state index contributed by atoms with van der Waals surface area (Å²) in [6.45, 7) is 0.134. The Morgan fingerprint density at radius 3 is 2.81 bits per heavy atom. The molecule has 0 amide bonds. The highest BCUT2D eigenvalue weighted by atomic mass is 32.2. The van der Waals surface area contributed by atoms with Crippen LogP contribution in [0.25, 0.3) is 0 Å². The van der Waals surface area contributed by atoms with E-state index in [-0.39, 0.29) is 6.61 Å². The molecule has 86 valence electrons. The largest absolute Gasteiger partial charge is 0.394 e. The fourth-order valence-corrected chi connectivity index (χ4v) is 2.06. The molecule has 5 heteroatoms. The van der Waals surface area contributed by atoms with Crippen LogP contribution in [-0.4, -0.2) is 28.7 Å². The molecule has 1 aromatic rings. The lowest BCUT2D eigenvalue weighted by Crippen LogP contribution is -2.14. The van der Waals surface area contributed by atoms with Gasteiger partial charge in [-0.3, -0.25) is 0 Å². The molecule has 0 aromatic heterocycles. The molecule has 0 saturated heterocycles. The first-order valence-electron chi connectivity index (χ1n) is 4.86. The molecule has 4 nitrogen and oxygen atoms in total.